The van der Waals surface area contributed by atoms with E-state index in [4.69, 9.17) is 0 Å². The maximum Gasteiger partial charge on any atom is 0.0218 e. The van der Waals surface area contributed by atoms with Gasteiger partial charge in [0.15, 0.2) is 0 Å². The van der Waals surface area contributed by atoms with E-state index in [1.807, 2.05) is 0 Å². The van der Waals surface area contributed by atoms with Gasteiger partial charge in [-0.1, -0.05) is 13.8 Å². The lowest BCUT2D eigenvalue weighted by molar-refractivity contribution is 0.153. The molecule has 1 rings (SSSR count). The van der Waals surface area contributed by atoms with Gasteiger partial charge in [0.1, 0.15) is 0 Å². The van der Waals surface area contributed by atoms with Crippen molar-refractivity contribution in [2.24, 2.45) is 5.92 Å². The second-order valence-electron chi connectivity index (χ2n) is 4.05. The predicted octanol–water partition coefficient (Wildman–Crippen LogP) is 0.935. The van der Waals surface area contributed by atoms with E-state index in [0.717, 1.165) is 12.5 Å². The van der Waals surface area contributed by atoms with Gasteiger partial charge in [0.05, 0.1) is 0 Å². The lowest BCUT2D eigenvalue weighted by Gasteiger charge is -2.38. The third kappa shape index (κ3) is 2.17. The van der Waals surface area contributed by atoms with E-state index < -0.39 is 0 Å². The Morgan fingerprint density at radius 2 is 2.09 bits per heavy atom. The van der Waals surface area contributed by atoms with Gasteiger partial charge in [-0.15, -0.1) is 0 Å². The summed E-state index contributed by atoms with van der Waals surface area (Å²) in [6.07, 6.45) is 0. The van der Waals surface area contributed by atoms with E-state index in [9.17, 15) is 0 Å². The molecule has 0 spiro atoms. The van der Waals surface area contributed by atoms with Crippen LogP contribution >= 0.6 is 0 Å². The lowest BCUT2D eigenvalue weighted by Crippen LogP contribution is -2.55. The van der Waals surface area contributed by atoms with Crippen LogP contribution in [0.1, 0.15) is 20.8 Å². The van der Waals surface area contributed by atoms with Gasteiger partial charge in [-0.3, -0.25) is 0 Å². The minimum atomic E-state index is 0.691. The van der Waals surface area contributed by atoms with E-state index in [0.29, 0.717) is 12.1 Å². The Balaban J connectivity index is 2.40. The fourth-order valence-corrected chi connectivity index (χ4v) is 1.48. The van der Waals surface area contributed by atoms with Crippen molar-refractivity contribution in [3.05, 3.63) is 0 Å². The summed E-state index contributed by atoms with van der Waals surface area (Å²) in [5, 5.41) is 3.56. The monoisotopic (exact) mass is 156 g/mol. The third-order valence-electron chi connectivity index (χ3n) is 2.72. The Hall–Kier alpha value is -0.0800. The molecule has 0 aliphatic carbocycles. The van der Waals surface area contributed by atoms with Gasteiger partial charge in [0.25, 0.3) is 0 Å². The van der Waals surface area contributed by atoms with Crippen LogP contribution in [-0.4, -0.2) is 37.1 Å². The fraction of sp³-hybridized carbons (Fsp3) is 1.00. The molecule has 1 saturated heterocycles. The molecule has 0 aromatic heterocycles. The van der Waals surface area contributed by atoms with Crippen molar-refractivity contribution in [3.63, 3.8) is 0 Å². The molecule has 0 aromatic rings. The Labute approximate surface area is 70.0 Å². The van der Waals surface area contributed by atoms with Gasteiger partial charge >= 0.3 is 0 Å². The van der Waals surface area contributed by atoms with Crippen molar-refractivity contribution in [1.29, 1.82) is 0 Å². The van der Waals surface area contributed by atoms with Crippen molar-refractivity contribution in [1.82, 2.24) is 10.2 Å². The molecule has 0 saturated carbocycles. The van der Waals surface area contributed by atoms with E-state index in [-0.39, 0.29) is 0 Å². The SMILES string of the molecule is CC(C)[C@@H]1CN(C)[C@@H](C)CN1. The maximum absolute atomic E-state index is 3.56. The number of nitrogens with zero attached hydrogens (tertiary/aromatic N) is 1. The Kier molecular flexibility index (Phi) is 2.90. The zero-order chi connectivity index (χ0) is 8.43. The van der Waals surface area contributed by atoms with Crippen molar-refractivity contribution >= 4 is 0 Å². The maximum atomic E-state index is 3.56. The molecule has 66 valence electrons. The molecular weight excluding hydrogens is 136 g/mol. The molecule has 2 heteroatoms. The van der Waals surface area contributed by atoms with Crippen LogP contribution < -0.4 is 5.32 Å². The van der Waals surface area contributed by atoms with E-state index in [1.54, 1.807) is 0 Å². The number of piperazine rings is 1. The van der Waals surface area contributed by atoms with Crippen LogP contribution in [-0.2, 0) is 0 Å². The molecule has 1 fully saturated rings. The zero-order valence-electron chi connectivity index (χ0n) is 8.09. The summed E-state index contributed by atoms with van der Waals surface area (Å²) in [5.41, 5.74) is 0. The summed E-state index contributed by atoms with van der Waals surface area (Å²) < 4.78 is 0. The van der Waals surface area contributed by atoms with E-state index in [1.165, 1.54) is 6.54 Å². The summed E-state index contributed by atoms with van der Waals surface area (Å²) in [6.45, 7) is 9.16. The first-order valence-corrected chi connectivity index (χ1v) is 4.55. The topological polar surface area (TPSA) is 15.3 Å². The molecule has 1 aliphatic heterocycles. The van der Waals surface area contributed by atoms with Crippen LogP contribution in [0.25, 0.3) is 0 Å². The standard InChI is InChI=1S/C9H20N2/c1-7(2)9-6-11(4)8(3)5-10-9/h7-10H,5-6H2,1-4H3/t8-,9-/m0/s1. The summed E-state index contributed by atoms with van der Waals surface area (Å²) in [7, 11) is 2.21. The van der Waals surface area contributed by atoms with Gasteiger partial charge in [0, 0.05) is 25.2 Å². The van der Waals surface area contributed by atoms with Crippen LogP contribution in [0.15, 0.2) is 0 Å². The van der Waals surface area contributed by atoms with Crippen LogP contribution in [0.5, 0.6) is 0 Å². The predicted molar refractivity (Wildman–Crippen MR) is 48.7 cm³/mol. The lowest BCUT2D eigenvalue weighted by atomic mass is 10.0. The quantitative estimate of drug-likeness (QED) is 0.607. The molecule has 1 N–H and O–H groups in total. The smallest absolute Gasteiger partial charge is 0.0218 e. The van der Waals surface area contributed by atoms with Crippen molar-refractivity contribution in [2.45, 2.75) is 32.9 Å². The largest absolute Gasteiger partial charge is 0.311 e. The summed E-state index contributed by atoms with van der Waals surface area (Å²) in [4.78, 5) is 2.43. The Morgan fingerprint density at radius 1 is 1.45 bits per heavy atom. The minimum absolute atomic E-state index is 0.691. The molecule has 1 heterocycles. The molecule has 1 aliphatic rings. The zero-order valence-corrected chi connectivity index (χ0v) is 8.09. The summed E-state index contributed by atoms with van der Waals surface area (Å²) in [5.74, 6) is 0.755. The van der Waals surface area contributed by atoms with Crippen molar-refractivity contribution < 1.29 is 0 Å². The molecule has 0 radical (unpaired) electrons. The van der Waals surface area contributed by atoms with Gasteiger partial charge in [-0.2, -0.15) is 0 Å². The van der Waals surface area contributed by atoms with Crippen LogP contribution in [0, 0.1) is 5.92 Å². The van der Waals surface area contributed by atoms with Crippen LogP contribution in [0.4, 0.5) is 0 Å². The second-order valence-corrected chi connectivity index (χ2v) is 4.05. The second kappa shape index (κ2) is 3.55. The van der Waals surface area contributed by atoms with Crippen molar-refractivity contribution in [2.75, 3.05) is 20.1 Å². The average Bonchev–Trinajstić information content (AvgIpc) is 1.94. The van der Waals surface area contributed by atoms with E-state index >= 15 is 0 Å². The number of hydrogen-bond acceptors (Lipinski definition) is 2. The molecule has 2 nitrogen and oxygen atoms in total. The normalized spacial score (nSPS) is 34.6. The number of nitrogens with one attached hydrogen (secondary N) is 1. The van der Waals surface area contributed by atoms with Crippen LogP contribution in [0.2, 0.25) is 0 Å². The molecule has 0 aromatic carbocycles. The van der Waals surface area contributed by atoms with Gasteiger partial charge < -0.3 is 10.2 Å². The van der Waals surface area contributed by atoms with Crippen LogP contribution in [0.3, 0.4) is 0 Å². The molecule has 0 bridgehead atoms. The number of rotatable bonds is 1. The third-order valence-corrected chi connectivity index (χ3v) is 2.72. The highest BCUT2D eigenvalue weighted by atomic mass is 15.2. The summed E-state index contributed by atoms with van der Waals surface area (Å²) >= 11 is 0. The molecule has 0 unspecified atom stereocenters. The van der Waals surface area contributed by atoms with Crippen molar-refractivity contribution in [3.8, 4) is 0 Å². The first-order valence-electron chi connectivity index (χ1n) is 4.55. The Bertz CT molecular complexity index is 123. The highest BCUT2D eigenvalue weighted by Crippen LogP contribution is 2.09. The fourth-order valence-electron chi connectivity index (χ4n) is 1.48. The average molecular weight is 156 g/mol. The minimum Gasteiger partial charge on any atom is -0.311 e. The highest BCUT2D eigenvalue weighted by molar-refractivity contribution is 4.83. The first-order chi connectivity index (χ1) is 5.11. The van der Waals surface area contributed by atoms with Gasteiger partial charge in [-0.05, 0) is 19.9 Å². The molecular formula is C9H20N2. The summed E-state index contributed by atoms with van der Waals surface area (Å²) in [6, 6.07) is 1.39. The highest BCUT2D eigenvalue weighted by Gasteiger charge is 2.23. The Morgan fingerprint density at radius 3 is 2.55 bits per heavy atom. The molecule has 2 atom stereocenters. The van der Waals surface area contributed by atoms with E-state index in [2.05, 4.69) is 38.0 Å². The van der Waals surface area contributed by atoms with Gasteiger partial charge in [0.2, 0.25) is 0 Å². The number of likely N-dealkylation sites (N-methyl/N-ethyl adjacent to an activating group) is 1. The molecule has 0 amide bonds. The van der Waals surface area contributed by atoms with Gasteiger partial charge in [-0.25, -0.2) is 0 Å². The first kappa shape index (κ1) is 9.01. The molecule has 11 heavy (non-hydrogen) atoms. The number of hydrogen-bond donors (Lipinski definition) is 1.